The van der Waals surface area contributed by atoms with E-state index < -0.39 is 0 Å². The monoisotopic (exact) mass is 724 g/mol. The van der Waals surface area contributed by atoms with Gasteiger partial charge in [0.2, 0.25) is 0 Å². The van der Waals surface area contributed by atoms with E-state index in [1.54, 1.807) is 0 Å². The Morgan fingerprint density at radius 2 is 0.912 bits per heavy atom. The summed E-state index contributed by atoms with van der Waals surface area (Å²) < 4.78 is 6.76. The first-order chi connectivity index (χ1) is 28.2. The molecule has 264 valence electrons. The van der Waals surface area contributed by atoms with E-state index in [1.165, 1.54) is 44.0 Å². The molecule has 2 aromatic heterocycles. The minimum absolute atomic E-state index is 0.688. The van der Waals surface area contributed by atoms with Crippen molar-refractivity contribution in [2.24, 2.45) is 0 Å². The molecule has 0 amide bonds. The zero-order valence-electron chi connectivity index (χ0n) is 30.8. The third-order valence-corrected chi connectivity index (χ3v) is 11.6. The third-order valence-electron chi connectivity index (χ3n) is 11.6. The normalized spacial score (nSPS) is 11.9. The van der Waals surface area contributed by atoms with Crippen LogP contribution in [0.3, 0.4) is 0 Å². The van der Waals surface area contributed by atoms with Gasteiger partial charge >= 0.3 is 0 Å². The quantitative estimate of drug-likeness (QED) is 0.177. The lowest BCUT2D eigenvalue weighted by Gasteiger charge is -2.12. The molecule has 11 aromatic rings. The molecular weight excluding hydrogens is 693 g/mol. The van der Waals surface area contributed by atoms with Gasteiger partial charge in [-0.3, -0.25) is 0 Å². The van der Waals surface area contributed by atoms with E-state index in [1.807, 2.05) is 6.07 Å². The predicted molar refractivity (Wildman–Crippen MR) is 236 cm³/mol. The van der Waals surface area contributed by atoms with Gasteiger partial charge in [0.1, 0.15) is 11.2 Å². The fraction of sp³-hybridized carbons (Fsp3) is 0. The zero-order valence-corrected chi connectivity index (χ0v) is 30.8. The highest BCUT2D eigenvalue weighted by molar-refractivity contribution is 6.27. The molecular formula is C54H32N2O. The van der Waals surface area contributed by atoms with Gasteiger partial charge in [-0.1, -0.05) is 164 Å². The lowest BCUT2D eigenvalue weighted by Crippen LogP contribution is -1.96. The zero-order chi connectivity index (χ0) is 37.5. The second-order valence-corrected chi connectivity index (χ2v) is 14.9. The van der Waals surface area contributed by atoms with Crippen LogP contribution in [0.1, 0.15) is 0 Å². The van der Waals surface area contributed by atoms with E-state index in [2.05, 4.69) is 188 Å². The van der Waals surface area contributed by atoms with E-state index in [9.17, 15) is 0 Å². The van der Waals surface area contributed by atoms with Crippen molar-refractivity contribution < 1.29 is 4.42 Å². The fourth-order valence-corrected chi connectivity index (χ4v) is 8.90. The van der Waals surface area contributed by atoms with Gasteiger partial charge in [-0.05, 0) is 85.6 Å². The van der Waals surface area contributed by atoms with Gasteiger partial charge in [0, 0.05) is 38.2 Å². The van der Waals surface area contributed by atoms with Gasteiger partial charge in [-0.25, -0.2) is 9.97 Å². The first-order valence-electron chi connectivity index (χ1n) is 19.4. The van der Waals surface area contributed by atoms with E-state index in [-0.39, 0.29) is 0 Å². The molecule has 0 unspecified atom stereocenters. The summed E-state index contributed by atoms with van der Waals surface area (Å²) in [7, 11) is 0. The average molecular weight is 725 g/mol. The number of aromatic nitrogens is 2. The van der Waals surface area contributed by atoms with Crippen molar-refractivity contribution in [1.29, 1.82) is 0 Å². The van der Waals surface area contributed by atoms with Crippen LogP contribution in [0.2, 0.25) is 0 Å². The maximum absolute atomic E-state index is 6.76. The molecule has 0 atom stereocenters. The minimum atomic E-state index is 0.688. The molecule has 0 fully saturated rings. The number of hydrogen-bond donors (Lipinski definition) is 0. The van der Waals surface area contributed by atoms with E-state index in [0.29, 0.717) is 5.82 Å². The SMILES string of the molecule is c1ccc(-c2ccc(-c3nc(-c4cccc(-c5cccc6oc7c8cccc9c8c(cc7c56)-c5ccccc5-9)c4)cc(-c4ccc5ccccc5c4)n3)cc2)cc1. The molecule has 3 nitrogen and oxygen atoms in total. The highest BCUT2D eigenvalue weighted by Crippen LogP contribution is 2.51. The van der Waals surface area contributed by atoms with E-state index in [4.69, 9.17) is 14.4 Å². The molecule has 0 saturated carbocycles. The van der Waals surface area contributed by atoms with Crippen LogP contribution in [0.15, 0.2) is 199 Å². The molecule has 0 radical (unpaired) electrons. The van der Waals surface area contributed by atoms with Gasteiger partial charge in [-0.2, -0.15) is 0 Å². The Morgan fingerprint density at radius 1 is 0.316 bits per heavy atom. The standard InChI is InChI=1S/C54H32N2O/c1-2-11-33(12-3-1)35-23-26-36(27-24-35)54-55-48(32-49(56-54)40-28-25-34-13-4-5-14-37(34)29-40)39-16-8-15-38(30-39)41-19-10-22-50-52(41)47-31-46-43-18-7-6-17-42(43)44-20-9-21-45(51(44)46)53(47)57-50/h1-32H. The molecule has 57 heavy (non-hydrogen) atoms. The molecule has 0 spiro atoms. The topological polar surface area (TPSA) is 38.9 Å². The molecule has 2 heterocycles. The maximum atomic E-state index is 6.76. The first kappa shape index (κ1) is 31.7. The Kier molecular flexibility index (Phi) is 6.93. The van der Waals surface area contributed by atoms with Crippen molar-refractivity contribution in [3.05, 3.63) is 194 Å². The molecule has 1 aliphatic carbocycles. The van der Waals surface area contributed by atoms with E-state index in [0.717, 1.165) is 72.1 Å². The Bertz CT molecular complexity index is 3400. The van der Waals surface area contributed by atoms with Crippen molar-refractivity contribution in [1.82, 2.24) is 9.97 Å². The lowest BCUT2D eigenvalue weighted by atomic mass is 9.94. The summed E-state index contributed by atoms with van der Waals surface area (Å²) in [5.74, 6) is 0.688. The Balaban J connectivity index is 1.02. The number of benzene rings is 9. The van der Waals surface area contributed by atoms with Crippen molar-refractivity contribution in [3.63, 3.8) is 0 Å². The Morgan fingerprint density at radius 3 is 1.75 bits per heavy atom. The molecule has 0 bridgehead atoms. The highest BCUT2D eigenvalue weighted by Gasteiger charge is 2.25. The maximum Gasteiger partial charge on any atom is 0.160 e. The van der Waals surface area contributed by atoms with Crippen molar-refractivity contribution in [3.8, 4) is 78.4 Å². The molecule has 3 heteroatoms. The van der Waals surface area contributed by atoms with Crippen molar-refractivity contribution in [2.75, 3.05) is 0 Å². The van der Waals surface area contributed by atoms with Crippen LogP contribution < -0.4 is 0 Å². The van der Waals surface area contributed by atoms with E-state index >= 15 is 0 Å². The van der Waals surface area contributed by atoms with Crippen LogP contribution in [0.5, 0.6) is 0 Å². The van der Waals surface area contributed by atoms with Gasteiger partial charge in [0.15, 0.2) is 5.82 Å². The van der Waals surface area contributed by atoms with Crippen LogP contribution in [-0.4, -0.2) is 9.97 Å². The summed E-state index contributed by atoms with van der Waals surface area (Å²) in [4.78, 5) is 10.5. The summed E-state index contributed by atoms with van der Waals surface area (Å²) in [5.41, 5.74) is 16.3. The van der Waals surface area contributed by atoms with Crippen LogP contribution in [0.25, 0.3) is 122 Å². The molecule has 0 aliphatic heterocycles. The van der Waals surface area contributed by atoms with Crippen LogP contribution >= 0.6 is 0 Å². The molecule has 1 aliphatic rings. The van der Waals surface area contributed by atoms with Gasteiger partial charge in [0.25, 0.3) is 0 Å². The first-order valence-corrected chi connectivity index (χ1v) is 19.4. The summed E-state index contributed by atoms with van der Waals surface area (Å²) in [6, 6.07) is 69.0. The predicted octanol–water partition coefficient (Wildman–Crippen LogP) is 14.7. The molecule has 0 saturated heterocycles. The summed E-state index contributed by atoms with van der Waals surface area (Å²) in [6.45, 7) is 0. The number of furan rings is 1. The smallest absolute Gasteiger partial charge is 0.160 e. The highest BCUT2D eigenvalue weighted by atomic mass is 16.3. The van der Waals surface area contributed by atoms with Crippen molar-refractivity contribution in [2.45, 2.75) is 0 Å². The van der Waals surface area contributed by atoms with Crippen molar-refractivity contribution >= 4 is 43.5 Å². The van der Waals surface area contributed by atoms with Crippen LogP contribution in [-0.2, 0) is 0 Å². The third kappa shape index (κ3) is 5.06. The summed E-state index contributed by atoms with van der Waals surface area (Å²) in [5, 5.41) is 7.05. The molecule has 9 aromatic carbocycles. The van der Waals surface area contributed by atoms with Gasteiger partial charge in [-0.15, -0.1) is 0 Å². The van der Waals surface area contributed by atoms with Gasteiger partial charge in [0.05, 0.1) is 11.4 Å². The second-order valence-electron chi connectivity index (χ2n) is 14.9. The van der Waals surface area contributed by atoms with Crippen LogP contribution in [0.4, 0.5) is 0 Å². The second kappa shape index (κ2) is 12.5. The number of fused-ring (bicyclic) bond motifs is 8. The summed E-state index contributed by atoms with van der Waals surface area (Å²) >= 11 is 0. The summed E-state index contributed by atoms with van der Waals surface area (Å²) in [6.07, 6.45) is 0. The van der Waals surface area contributed by atoms with Crippen LogP contribution in [0, 0.1) is 0 Å². The molecule has 12 rings (SSSR count). The largest absolute Gasteiger partial charge is 0.455 e. The van der Waals surface area contributed by atoms with Gasteiger partial charge < -0.3 is 4.42 Å². The fourth-order valence-electron chi connectivity index (χ4n) is 8.90. The number of hydrogen-bond acceptors (Lipinski definition) is 3. The number of nitrogens with zero attached hydrogens (tertiary/aromatic N) is 2. The lowest BCUT2D eigenvalue weighted by molar-refractivity contribution is 0.673. The molecule has 0 N–H and O–H groups in total. The Labute approximate surface area is 329 Å². The average Bonchev–Trinajstić information content (AvgIpc) is 3.83. The minimum Gasteiger partial charge on any atom is -0.455 e. The number of rotatable bonds is 5. The Hall–Kier alpha value is -7.62.